The predicted molar refractivity (Wildman–Crippen MR) is 76.7 cm³/mol. The third-order valence-corrected chi connectivity index (χ3v) is 4.02. The maximum absolute atomic E-state index is 9.22. The fourth-order valence-electron chi connectivity index (χ4n) is 2.78. The van der Waals surface area contributed by atoms with Crippen LogP contribution in [-0.2, 0) is 0 Å². The Morgan fingerprint density at radius 1 is 1.33 bits per heavy atom. The summed E-state index contributed by atoms with van der Waals surface area (Å²) >= 11 is 0. The van der Waals surface area contributed by atoms with E-state index in [0.717, 1.165) is 24.0 Å². The minimum absolute atomic E-state index is 0.260. The molecule has 0 saturated carbocycles. The molecule has 0 aromatic heterocycles. The second-order valence-electron chi connectivity index (χ2n) is 5.14. The molecule has 1 aliphatic heterocycles. The van der Waals surface area contributed by atoms with Crippen molar-refractivity contribution < 1.29 is 9.59 Å². The number of aliphatic hydroxyl groups is 1. The van der Waals surface area contributed by atoms with Crippen molar-refractivity contribution in [1.82, 2.24) is 5.32 Å². The minimum Gasteiger partial charge on any atom is -0.390 e. The molecule has 104 valence electrons. The molecule has 2 unspecified atom stereocenters. The summed E-state index contributed by atoms with van der Waals surface area (Å²) in [6.45, 7) is 8.07. The molecule has 0 saturated heterocycles. The van der Waals surface area contributed by atoms with Crippen molar-refractivity contribution in [3.8, 4) is 0 Å². The molecular formula is C15H29N2O+. The van der Waals surface area contributed by atoms with Crippen LogP contribution in [-0.4, -0.2) is 35.5 Å². The Kier molecular flexibility index (Phi) is 7.06. The molecule has 0 amide bonds. The van der Waals surface area contributed by atoms with Gasteiger partial charge in [-0.3, -0.25) is 4.48 Å². The monoisotopic (exact) mass is 253 g/mol. The zero-order valence-corrected chi connectivity index (χ0v) is 11.8. The van der Waals surface area contributed by atoms with Crippen LogP contribution in [0.4, 0.5) is 0 Å². The van der Waals surface area contributed by atoms with Crippen molar-refractivity contribution in [3.05, 3.63) is 25.1 Å². The Hall–Kier alpha value is -0.800. The molecule has 0 aromatic carbocycles. The summed E-state index contributed by atoms with van der Waals surface area (Å²) in [7, 11) is 0. The van der Waals surface area contributed by atoms with Crippen molar-refractivity contribution in [3.63, 3.8) is 0 Å². The number of aliphatic hydroxyl groups excluding tert-OH is 1. The topological polar surface area (TPSA) is 32.3 Å². The van der Waals surface area contributed by atoms with Crippen molar-refractivity contribution in [2.24, 2.45) is 0 Å². The molecule has 0 fully saturated rings. The molecule has 3 nitrogen and oxygen atoms in total. The van der Waals surface area contributed by atoms with Gasteiger partial charge in [-0.15, -0.1) is 6.58 Å². The van der Waals surface area contributed by atoms with E-state index >= 15 is 0 Å². The van der Waals surface area contributed by atoms with Crippen LogP contribution in [0.15, 0.2) is 25.1 Å². The van der Waals surface area contributed by atoms with E-state index in [1.54, 1.807) is 0 Å². The number of nitrogens with zero attached hydrogens (tertiary/aromatic N) is 1. The zero-order chi connectivity index (χ0) is 13.3. The highest BCUT2D eigenvalue weighted by molar-refractivity contribution is 4.84. The SMILES string of the molecule is C=CCCCCCCC1NC=C[N+]1(CC)CCO. The summed E-state index contributed by atoms with van der Waals surface area (Å²) in [5, 5.41) is 12.7. The predicted octanol–water partition coefficient (Wildman–Crippen LogP) is 2.74. The standard InChI is InChI=1S/C15H29N2O/c1-3-5-6-7-8-9-10-15-16-11-12-17(15,4-2)13-14-18/h3,11-12,15-16,18H,1,4-10,13-14H2,2H3/q+1. The lowest BCUT2D eigenvalue weighted by molar-refractivity contribution is -0.900. The van der Waals surface area contributed by atoms with E-state index in [1.165, 1.54) is 32.1 Å². The number of allylic oxidation sites excluding steroid dienone is 1. The van der Waals surface area contributed by atoms with Gasteiger partial charge >= 0.3 is 0 Å². The molecule has 2 atom stereocenters. The third kappa shape index (κ3) is 4.14. The average Bonchev–Trinajstić information content (AvgIpc) is 2.78. The first-order chi connectivity index (χ1) is 8.79. The van der Waals surface area contributed by atoms with Crippen LogP contribution in [0.2, 0.25) is 0 Å². The molecule has 1 rings (SSSR count). The summed E-state index contributed by atoms with van der Waals surface area (Å²) in [6, 6.07) is 0. The fourth-order valence-corrected chi connectivity index (χ4v) is 2.78. The van der Waals surface area contributed by atoms with Crippen molar-refractivity contribution in [2.75, 3.05) is 19.7 Å². The average molecular weight is 253 g/mol. The van der Waals surface area contributed by atoms with Crippen molar-refractivity contribution in [2.45, 2.75) is 51.6 Å². The van der Waals surface area contributed by atoms with Gasteiger partial charge < -0.3 is 10.4 Å². The first-order valence-electron chi connectivity index (χ1n) is 7.31. The highest BCUT2D eigenvalue weighted by Crippen LogP contribution is 2.22. The quantitative estimate of drug-likeness (QED) is 0.356. The Balaban J connectivity index is 2.26. The van der Waals surface area contributed by atoms with E-state index in [1.807, 2.05) is 6.08 Å². The number of unbranched alkanes of at least 4 members (excludes halogenated alkanes) is 4. The molecule has 3 heteroatoms. The minimum atomic E-state index is 0.260. The van der Waals surface area contributed by atoms with E-state index in [9.17, 15) is 5.11 Å². The van der Waals surface area contributed by atoms with E-state index in [2.05, 4.69) is 31.2 Å². The van der Waals surface area contributed by atoms with Gasteiger partial charge in [0.05, 0.1) is 19.4 Å². The van der Waals surface area contributed by atoms with Crippen LogP contribution in [0.5, 0.6) is 0 Å². The van der Waals surface area contributed by atoms with Crippen LogP contribution in [0.1, 0.15) is 45.4 Å². The molecule has 1 heterocycles. The molecule has 0 aliphatic carbocycles. The van der Waals surface area contributed by atoms with E-state index in [4.69, 9.17) is 0 Å². The van der Waals surface area contributed by atoms with Gasteiger partial charge in [0.15, 0.2) is 6.17 Å². The number of rotatable bonds is 10. The smallest absolute Gasteiger partial charge is 0.166 e. The fraction of sp³-hybridized carbons (Fsp3) is 0.733. The van der Waals surface area contributed by atoms with Gasteiger partial charge in [0.1, 0.15) is 12.7 Å². The summed E-state index contributed by atoms with van der Waals surface area (Å²) < 4.78 is 0.892. The maximum atomic E-state index is 9.22. The Morgan fingerprint density at radius 3 is 2.78 bits per heavy atom. The molecular weight excluding hydrogens is 224 g/mol. The molecule has 0 spiro atoms. The van der Waals surface area contributed by atoms with Crippen LogP contribution in [0.25, 0.3) is 0 Å². The van der Waals surface area contributed by atoms with Gasteiger partial charge in [-0.25, -0.2) is 0 Å². The number of nitrogens with one attached hydrogen (secondary N) is 1. The number of hydrogen-bond acceptors (Lipinski definition) is 2. The summed E-state index contributed by atoms with van der Waals surface area (Å²) in [4.78, 5) is 0. The molecule has 0 aromatic rings. The lowest BCUT2D eigenvalue weighted by Crippen LogP contribution is -2.54. The maximum Gasteiger partial charge on any atom is 0.166 e. The van der Waals surface area contributed by atoms with Gasteiger partial charge in [0, 0.05) is 6.42 Å². The van der Waals surface area contributed by atoms with Crippen LogP contribution >= 0.6 is 0 Å². The number of likely N-dealkylation sites (N-methyl/N-ethyl adjacent to an activating group) is 1. The van der Waals surface area contributed by atoms with Crippen LogP contribution in [0, 0.1) is 0 Å². The molecule has 1 aliphatic rings. The first kappa shape index (κ1) is 15.3. The second kappa shape index (κ2) is 8.33. The van der Waals surface area contributed by atoms with Crippen LogP contribution in [0.3, 0.4) is 0 Å². The highest BCUT2D eigenvalue weighted by Gasteiger charge is 2.35. The number of quaternary nitrogens is 1. The highest BCUT2D eigenvalue weighted by atomic mass is 16.3. The first-order valence-corrected chi connectivity index (χ1v) is 7.31. The van der Waals surface area contributed by atoms with Gasteiger partial charge in [-0.05, 0) is 26.2 Å². The Labute approximate surface area is 112 Å². The van der Waals surface area contributed by atoms with E-state index < -0.39 is 0 Å². The van der Waals surface area contributed by atoms with Gasteiger partial charge in [-0.1, -0.05) is 18.9 Å². The molecule has 18 heavy (non-hydrogen) atoms. The lowest BCUT2D eigenvalue weighted by atomic mass is 10.1. The summed E-state index contributed by atoms with van der Waals surface area (Å²) in [5.41, 5.74) is 0. The second-order valence-corrected chi connectivity index (χ2v) is 5.14. The molecule has 0 bridgehead atoms. The Bertz CT molecular complexity index is 265. The summed E-state index contributed by atoms with van der Waals surface area (Å²) in [6.07, 6.45) is 14.2. The van der Waals surface area contributed by atoms with Gasteiger partial charge in [0.25, 0.3) is 0 Å². The molecule has 2 N–H and O–H groups in total. The normalized spacial score (nSPS) is 26.2. The Morgan fingerprint density at radius 2 is 2.11 bits per heavy atom. The van der Waals surface area contributed by atoms with Crippen molar-refractivity contribution in [1.29, 1.82) is 0 Å². The van der Waals surface area contributed by atoms with E-state index in [0.29, 0.717) is 6.17 Å². The van der Waals surface area contributed by atoms with Gasteiger partial charge in [0.2, 0.25) is 0 Å². The van der Waals surface area contributed by atoms with E-state index in [-0.39, 0.29) is 6.61 Å². The third-order valence-electron chi connectivity index (χ3n) is 4.02. The summed E-state index contributed by atoms with van der Waals surface area (Å²) in [5.74, 6) is 0. The largest absolute Gasteiger partial charge is 0.390 e. The van der Waals surface area contributed by atoms with Crippen LogP contribution < -0.4 is 5.32 Å². The van der Waals surface area contributed by atoms with Gasteiger partial charge in [-0.2, -0.15) is 0 Å². The zero-order valence-electron chi connectivity index (χ0n) is 11.8. The van der Waals surface area contributed by atoms with Crippen molar-refractivity contribution >= 4 is 0 Å². The molecule has 0 radical (unpaired) electrons. The lowest BCUT2D eigenvalue weighted by Gasteiger charge is -2.36. The number of hydrogen-bond donors (Lipinski definition) is 2.